The number of rotatable bonds is 8. The van der Waals surface area contributed by atoms with Gasteiger partial charge < -0.3 is 20.5 Å². The molecule has 0 saturated heterocycles. The molecule has 0 atom stereocenters. The lowest BCUT2D eigenvalue weighted by molar-refractivity contribution is -0.135. The Hall–Kier alpha value is -2.48. The van der Waals surface area contributed by atoms with Crippen LogP contribution in [0.4, 0.5) is 5.69 Å². The fraction of sp³-hybridized carbons (Fsp3) is 0.211. The van der Waals surface area contributed by atoms with E-state index in [-0.39, 0.29) is 33.9 Å². The minimum absolute atomic E-state index is 0.0551. The van der Waals surface area contributed by atoms with Crippen molar-refractivity contribution >= 4 is 58.3 Å². The molecule has 7 nitrogen and oxygen atoms in total. The van der Waals surface area contributed by atoms with Gasteiger partial charge in [0.1, 0.15) is 13.2 Å². The maximum Gasteiger partial charge on any atom is 0.322 e. The Balaban J connectivity index is 2.14. The standard InChI is InChI=1S/C19H17Cl3N2O5/c1-2-16(25)24-13-4-10(3-12(20)7-13)9-29-18-14(21)5-11(6-15(18)22)19(28)23-8-17(26)27/h3-7H,2,8-9H2,1H3,(H,23,28)(H,24,25)(H,26,27). The van der Waals surface area contributed by atoms with Gasteiger partial charge in [0.2, 0.25) is 5.91 Å². The zero-order valence-electron chi connectivity index (χ0n) is 15.2. The van der Waals surface area contributed by atoms with Gasteiger partial charge in [-0.25, -0.2) is 0 Å². The molecule has 0 aliphatic heterocycles. The summed E-state index contributed by atoms with van der Waals surface area (Å²) >= 11 is 18.4. The number of ether oxygens (including phenoxy) is 1. The first-order valence-corrected chi connectivity index (χ1v) is 9.54. The summed E-state index contributed by atoms with van der Waals surface area (Å²) in [5, 5.41) is 14.1. The number of amides is 2. The molecule has 0 aromatic heterocycles. The highest BCUT2D eigenvalue weighted by molar-refractivity contribution is 6.37. The van der Waals surface area contributed by atoms with E-state index in [9.17, 15) is 14.4 Å². The highest BCUT2D eigenvalue weighted by atomic mass is 35.5. The summed E-state index contributed by atoms with van der Waals surface area (Å²) in [7, 11) is 0. The van der Waals surface area contributed by atoms with Crippen LogP contribution in [0.5, 0.6) is 5.75 Å². The molecule has 3 N–H and O–H groups in total. The number of anilines is 1. The van der Waals surface area contributed by atoms with Crippen molar-refractivity contribution in [2.45, 2.75) is 20.0 Å². The monoisotopic (exact) mass is 458 g/mol. The number of hydrogen-bond donors (Lipinski definition) is 3. The van der Waals surface area contributed by atoms with Crippen LogP contribution in [0.1, 0.15) is 29.3 Å². The van der Waals surface area contributed by atoms with Crippen molar-refractivity contribution < 1.29 is 24.2 Å². The highest BCUT2D eigenvalue weighted by Gasteiger charge is 2.15. The van der Waals surface area contributed by atoms with Gasteiger partial charge in [0.25, 0.3) is 5.91 Å². The minimum atomic E-state index is -1.17. The van der Waals surface area contributed by atoms with Gasteiger partial charge in [-0.05, 0) is 35.9 Å². The summed E-state index contributed by atoms with van der Waals surface area (Å²) in [4.78, 5) is 34.1. The van der Waals surface area contributed by atoms with E-state index in [1.165, 1.54) is 12.1 Å². The van der Waals surface area contributed by atoms with Crippen LogP contribution >= 0.6 is 34.8 Å². The lowest BCUT2D eigenvalue weighted by atomic mass is 10.2. The third-order valence-corrected chi connectivity index (χ3v) is 4.39. The molecule has 2 aromatic carbocycles. The van der Waals surface area contributed by atoms with Crippen LogP contribution in [-0.4, -0.2) is 29.4 Å². The van der Waals surface area contributed by atoms with Crippen LogP contribution in [0.3, 0.4) is 0 Å². The number of aliphatic carboxylic acids is 1. The molecule has 2 rings (SSSR count). The van der Waals surface area contributed by atoms with E-state index in [0.29, 0.717) is 22.7 Å². The largest absolute Gasteiger partial charge is 0.486 e. The molecule has 0 fully saturated rings. The van der Waals surface area contributed by atoms with Gasteiger partial charge in [0.15, 0.2) is 5.75 Å². The van der Waals surface area contributed by atoms with E-state index >= 15 is 0 Å². The molecule has 0 heterocycles. The van der Waals surface area contributed by atoms with E-state index in [4.69, 9.17) is 44.6 Å². The number of hydrogen-bond acceptors (Lipinski definition) is 4. The van der Waals surface area contributed by atoms with Crippen LogP contribution in [0.15, 0.2) is 30.3 Å². The quantitative estimate of drug-likeness (QED) is 0.543. The topological polar surface area (TPSA) is 105 Å². The lowest BCUT2D eigenvalue weighted by Gasteiger charge is -2.13. The molecule has 10 heteroatoms. The number of carbonyl (C=O) groups is 3. The van der Waals surface area contributed by atoms with Crippen LogP contribution in [0.25, 0.3) is 0 Å². The Labute approximate surface area is 181 Å². The summed E-state index contributed by atoms with van der Waals surface area (Å²) in [6.45, 7) is 1.26. The first kappa shape index (κ1) is 22.8. The van der Waals surface area contributed by atoms with Crippen LogP contribution in [0.2, 0.25) is 15.1 Å². The van der Waals surface area contributed by atoms with Gasteiger partial charge in [-0.2, -0.15) is 0 Å². The normalized spacial score (nSPS) is 10.3. The molecule has 0 bridgehead atoms. The van der Waals surface area contributed by atoms with Crippen molar-refractivity contribution in [3.8, 4) is 5.75 Å². The van der Waals surface area contributed by atoms with Crippen molar-refractivity contribution in [1.29, 1.82) is 0 Å². The van der Waals surface area contributed by atoms with Crippen molar-refractivity contribution in [2.75, 3.05) is 11.9 Å². The van der Waals surface area contributed by atoms with E-state index in [0.717, 1.165) is 0 Å². The van der Waals surface area contributed by atoms with Gasteiger partial charge in [0, 0.05) is 22.7 Å². The SMILES string of the molecule is CCC(=O)Nc1cc(Cl)cc(COc2c(Cl)cc(C(=O)NCC(=O)O)cc2Cl)c1. The zero-order valence-corrected chi connectivity index (χ0v) is 17.5. The Bertz CT molecular complexity index is 926. The molecule has 0 aliphatic carbocycles. The van der Waals surface area contributed by atoms with E-state index in [1.807, 2.05) is 0 Å². The van der Waals surface area contributed by atoms with Crippen molar-refractivity contribution in [2.24, 2.45) is 0 Å². The average molecular weight is 460 g/mol. The summed E-state index contributed by atoms with van der Waals surface area (Å²) < 4.78 is 5.67. The van der Waals surface area contributed by atoms with Crippen molar-refractivity contribution in [3.05, 3.63) is 56.5 Å². The number of carboxylic acid groups (broad SMARTS) is 1. The van der Waals surface area contributed by atoms with Gasteiger partial charge in [0.05, 0.1) is 10.0 Å². The molecule has 29 heavy (non-hydrogen) atoms. The maximum atomic E-state index is 12.0. The van der Waals surface area contributed by atoms with Gasteiger partial charge in [-0.3, -0.25) is 14.4 Å². The Morgan fingerprint density at radius 1 is 1.03 bits per heavy atom. The van der Waals surface area contributed by atoms with Crippen LogP contribution in [-0.2, 0) is 16.2 Å². The summed E-state index contributed by atoms with van der Waals surface area (Å²) in [5.74, 6) is -1.80. The van der Waals surface area contributed by atoms with Gasteiger partial charge >= 0.3 is 5.97 Å². The molecular formula is C19H17Cl3N2O5. The molecule has 0 radical (unpaired) electrons. The third-order valence-electron chi connectivity index (χ3n) is 3.61. The molecular weight excluding hydrogens is 443 g/mol. The van der Waals surface area contributed by atoms with Crippen molar-refractivity contribution in [3.63, 3.8) is 0 Å². The molecule has 0 unspecified atom stereocenters. The molecule has 2 amide bonds. The van der Waals surface area contributed by atoms with Gasteiger partial charge in [-0.1, -0.05) is 41.7 Å². The van der Waals surface area contributed by atoms with Crippen LogP contribution < -0.4 is 15.4 Å². The molecule has 0 saturated carbocycles. The smallest absolute Gasteiger partial charge is 0.322 e. The number of carboxylic acids is 1. The second-order valence-electron chi connectivity index (χ2n) is 5.88. The Morgan fingerprint density at radius 2 is 1.69 bits per heavy atom. The number of benzene rings is 2. The number of nitrogens with one attached hydrogen (secondary N) is 2. The molecule has 2 aromatic rings. The number of carbonyl (C=O) groups excluding carboxylic acids is 2. The van der Waals surface area contributed by atoms with E-state index in [1.54, 1.807) is 25.1 Å². The predicted molar refractivity (Wildman–Crippen MR) is 111 cm³/mol. The zero-order chi connectivity index (χ0) is 21.6. The molecule has 154 valence electrons. The lowest BCUT2D eigenvalue weighted by Crippen LogP contribution is -2.29. The highest BCUT2D eigenvalue weighted by Crippen LogP contribution is 2.35. The average Bonchev–Trinajstić information content (AvgIpc) is 2.64. The summed E-state index contributed by atoms with van der Waals surface area (Å²) in [5.41, 5.74) is 1.30. The van der Waals surface area contributed by atoms with E-state index < -0.39 is 18.4 Å². The third kappa shape index (κ3) is 6.81. The molecule has 0 spiro atoms. The Kier molecular flexibility index (Phi) is 8.13. The van der Waals surface area contributed by atoms with Gasteiger partial charge in [-0.15, -0.1) is 0 Å². The first-order chi connectivity index (χ1) is 13.7. The summed E-state index contributed by atoms with van der Waals surface area (Å²) in [6.07, 6.45) is 0.329. The molecule has 0 aliphatic rings. The van der Waals surface area contributed by atoms with Crippen molar-refractivity contribution in [1.82, 2.24) is 5.32 Å². The second-order valence-corrected chi connectivity index (χ2v) is 7.13. The number of halogens is 3. The summed E-state index contributed by atoms with van der Waals surface area (Å²) in [6, 6.07) is 7.63. The minimum Gasteiger partial charge on any atom is -0.486 e. The fourth-order valence-corrected chi connectivity index (χ4v) is 3.15. The fourth-order valence-electron chi connectivity index (χ4n) is 2.30. The predicted octanol–water partition coefficient (Wildman–Crippen LogP) is 4.39. The first-order valence-electron chi connectivity index (χ1n) is 8.40. The second kappa shape index (κ2) is 10.3. The Morgan fingerprint density at radius 3 is 2.28 bits per heavy atom. The maximum absolute atomic E-state index is 12.0. The van der Waals surface area contributed by atoms with Crippen LogP contribution in [0, 0.1) is 0 Å². The van der Waals surface area contributed by atoms with E-state index in [2.05, 4.69) is 10.6 Å².